The predicted octanol–water partition coefficient (Wildman–Crippen LogP) is 2.09. The second-order valence-corrected chi connectivity index (χ2v) is 5.01. The highest BCUT2D eigenvalue weighted by molar-refractivity contribution is 5.01. The zero-order valence-electron chi connectivity index (χ0n) is 10.9. The topological polar surface area (TPSA) is 41.5 Å². The molecule has 1 rings (SSSR count). The zero-order chi connectivity index (χ0) is 13.8. The molecule has 2 atom stereocenters. The van der Waals surface area contributed by atoms with Crippen molar-refractivity contribution in [1.82, 2.24) is 5.32 Å². The molecule has 0 saturated heterocycles. The van der Waals surface area contributed by atoms with Gasteiger partial charge in [-0.25, -0.2) is 0 Å². The fourth-order valence-corrected chi connectivity index (χ4v) is 1.92. The number of nitrogens with one attached hydrogen (secondary N) is 1. The Kier molecular flexibility index (Phi) is 5.43. The Bertz CT molecular complexity index is 256. The first-order chi connectivity index (χ1) is 8.35. The number of ether oxygens (including phenoxy) is 1. The number of alkyl halides is 3. The van der Waals surface area contributed by atoms with Crippen LogP contribution in [-0.2, 0) is 4.74 Å². The Morgan fingerprint density at radius 3 is 2.39 bits per heavy atom. The molecule has 6 heteroatoms. The Balaban J connectivity index is 2.55. The number of hydrogen-bond donors (Lipinski definition) is 2. The van der Waals surface area contributed by atoms with E-state index in [1.54, 1.807) is 0 Å². The van der Waals surface area contributed by atoms with Crippen molar-refractivity contribution in [3.05, 3.63) is 0 Å². The first kappa shape index (κ1) is 15.7. The van der Waals surface area contributed by atoms with Crippen LogP contribution in [0.3, 0.4) is 0 Å². The molecule has 0 bridgehead atoms. The average Bonchev–Trinajstić information content (AvgIpc) is 3.13. The molecule has 0 aliphatic heterocycles. The molecule has 0 radical (unpaired) electrons. The van der Waals surface area contributed by atoms with Crippen molar-refractivity contribution in [2.45, 2.75) is 50.9 Å². The third-order valence-electron chi connectivity index (χ3n) is 3.42. The molecule has 0 spiro atoms. The Hall–Kier alpha value is -0.330. The van der Waals surface area contributed by atoms with Gasteiger partial charge < -0.3 is 15.2 Å². The number of aliphatic hydroxyl groups is 1. The summed E-state index contributed by atoms with van der Waals surface area (Å²) in [6.07, 6.45) is -3.42. The van der Waals surface area contributed by atoms with E-state index < -0.39 is 17.8 Å². The lowest BCUT2D eigenvalue weighted by atomic mass is 9.95. The van der Waals surface area contributed by atoms with Gasteiger partial charge in [-0.05, 0) is 38.6 Å². The van der Waals surface area contributed by atoms with E-state index in [9.17, 15) is 18.3 Å². The second-order valence-electron chi connectivity index (χ2n) is 5.01. The van der Waals surface area contributed by atoms with Gasteiger partial charge in [0.05, 0.1) is 18.8 Å². The van der Waals surface area contributed by atoms with Crippen LogP contribution in [0.4, 0.5) is 13.2 Å². The first-order valence-electron chi connectivity index (χ1n) is 6.40. The molecular weight excluding hydrogens is 247 g/mol. The number of rotatable bonds is 8. The van der Waals surface area contributed by atoms with Crippen LogP contribution in [0.15, 0.2) is 0 Å². The summed E-state index contributed by atoms with van der Waals surface area (Å²) in [5.41, 5.74) is -0.713. The lowest BCUT2D eigenvalue weighted by Crippen LogP contribution is -2.55. The van der Waals surface area contributed by atoms with E-state index in [-0.39, 0.29) is 19.1 Å². The maximum atomic E-state index is 12.4. The largest absolute Gasteiger partial charge is 0.414 e. The minimum Gasteiger partial charge on any atom is -0.394 e. The van der Waals surface area contributed by atoms with Gasteiger partial charge in [0, 0.05) is 0 Å². The van der Waals surface area contributed by atoms with E-state index in [1.165, 1.54) is 0 Å². The molecule has 1 fully saturated rings. The molecule has 2 unspecified atom stereocenters. The summed E-state index contributed by atoms with van der Waals surface area (Å²) < 4.78 is 42.1. The molecule has 0 amide bonds. The molecule has 108 valence electrons. The summed E-state index contributed by atoms with van der Waals surface area (Å²) in [7, 11) is 0. The van der Waals surface area contributed by atoms with Gasteiger partial charge in [-0.1, -0.05) is 6.92 Å². The van der Waals surface area contributed by atoms with E-state index in [1.807, 2.05) is 6.92 Å². The van der Waals surface area contributed by atoms with Crippen LogP contribution in [0.5, 0.6) is 0 Å². The van der Waals surface area contributed by atoms with E-state index in [4.69, 9.17) is 4.74 Å². The Morgan fingerprint density at radius 2 is 2.00 bits per heavy atom. The standard InChI is InChI=1S/C12H22F3NO2/c1-3-6-16-11(7-17,10-4-5-10)8-18-9(2)12(13,14)15/h9-10,16-17H,3-8H2,1-2H3. The molecule has 1 saturated carbocycles. The van der Waals surface area contributed by atoms with Crippen molar-refractivity contribution < 1.29 is 23.0 Å². The summed E-state index contributed by atoms with van der Waals surface area (Å²) in [6.45, 7) is 3.34. The van der Waals surface area contributed by atoms with E-state index >= 15 is 0 Å². The lowest BCUT2D eigenvalue weighted by molar-refractivity contribution is -0.220. The third kappa shape index (κ3) is 4.10. The number of aliphatic hydroxyl groups excluding tert-OH is 1. The van der Waals surface area contributed by atoms with Crippen molar-refractivity contribution in [1.29, 1.82) is 0 Å². The molecule has 0 aromatic heterocycles. The van der Waals surface area contributed by atoms with Gasteiger partial charge in [-0.3, -0.25) is 0 Å². The average molecular weight is 269 g/mol. The summed E-state index contributed by atoms with van der Waals surface area (Å²) in [4.78, 5) is 0. The summed E-state index contributed by atoms with van der Waals surface area (Å²) in [5.74, 6) is 0.217. The number of halogens is 3. The molecule has 1 aliphatic rings. The Labute approximate surface area is 106 Å². The normalized spacial score (nSPS) is 21.7. The quantitative estimate of drug-likeness (QED) is 0.709. The van der Waals surface area contributed by atoms with Crippen LogP contribution in [0.1, 0.15) is 33.1 Å². The minimum atomic E-state index is -4.35. The van der Waals surface area contributed by atoms with Crippen molar-refractivity contribution in [3.63, 3.8) is 0 Å². The molecule has 1 aliphatic carbocycles. The zero-order valence-corrected chi connectivity index (χ0v) is 10.9. The van der Waals surface area contributed by atoms with Crippen molar-refractivity contribution >= 4 is 0 Å². The maximum Gasteiger partial charge on any atom is 0.414 e. The monoisotopic (exact) mass is 269 g/mol. The Morgan fingerprint density at radius 1 is 1.39 bits per heavy atom. The minimum absolute atomic E-state index is 0.102. The summed E-state index contributed by atoms with van der Waals surface area (Å²) in [6, 6.07) is 0. The highest BCUT2D eigenvalue weighted by Crippen LogP contribution is 2.40. The van der Waals surface area contributed by atoms with Crippen LogP contribution in [0, 0.1) is 5.92 Å². The molecule has 0 aromatic rings. The van der Waals surface area contributed by atoms with Crippen molar-refractivity contribution in [2.24, 2.45) is 5.92 Å². The highest BCUT2D eigenvalue weighted by atomic mass is 19.4. The second kappa shape index (κ2) is 6.21. The van der Waals surface area contributed by atoms with Crippen LogP contribution < -0.4 is 5.32 Å². The smallest absolute Gasteiger partial charge is 0.394 e. The molecule has 0 heterocycles. The summed E-state index contributed by atoms with van der Waals surface area (Å²) in [5, 5.41) is 12.7. The van der Waals surface area contributed by atoms with Crippen LogP contribution in [0.2, 0.25) is 0 Å². The molecule has 0 aromatic carbocycles. The van der Waals surface area contributed by atoms with Gasteiger partial charge in [-0.15, -0.1) is 0 Å². The van der Waals surface area contributed by atoms with Gasteiger partial charge >= 0.3 is 6.18 Å². The van der Waals surface area contributed by atoms with Crippen LogP contribution >= 0.6 is 0 Å². The maximum absolute atomic E-state index is 12.4. The molecular formula is C12H22F3NO2. The van der Waals surface area contributed by atoms with Crippen molar-refractivity contribution in [3.8, 4) is 0 Å². The van der Waals surface area contributed by atoms with E-state index in [0.717, 1.165) is 26.2 Å². The fourth-order valence-electron chi connectivity index (χ4n) is 1.92. The first-order valence-corrected chi connectivity index (χ1v) is 6.40. The molecule has 3 nitrogen and oxygen atoms in total. The van der Waals surface area contributed by atoms with E-state index in [2.05, 4.69) is 5.32 Å². The number of hydrogen-bond acceptors (Lipinski definition) is 3. The van der Waals surface area contributed by atoms with Gasteiger partial charge in [-0.2, -0.15) is 13.2 Å². The fraction of sp³-hybridized carbons (Fsp3) is 1.00. The molecule has 18 heavy (non-hydrogen) atoms. The van der Waals surface area contributed by atoms with Gasteiger partial charge in [0.1, 0.15) is 0 Å². The highest BCUT2D eigenvalue weighted by Gasteiger charge is 2.46. The van der Waals surface area contributed by atoms with E-state index in [0.29, 0.717) is 6.54 Å². The predicted molar refractivity (Wildman–Crippen MR) is 62.3 cm³/mol. The third-order valence-corrected chi connectivity index (χ3v) is 3.42. The lowest BCUT2D eigenvalue weighted by Gasteiger charge is -2.34. The molecule has 2 N–H and O–H groups in total. The SMILES string of the molecule is CCCNC(CO)(COC(C)C(F)(F)F)C1CC1. The summed E-state index contributed by atoms with van der Waals surface area (Å²) >= 11 is 0. The van der Waals surface area contributed by atoms with Gasteiger partial charge in [0.2, 0.25) is 0 Å². The van der Waals surface area contributed by atoms with Crippen molar-refractivity contribution in [2.75, 3.05) is 19.8 Å². The van der Waals surface area contributed by atoms with Gasteiger partial charge in [0.25, 0.3) is 0 Å². The van der Waals surface area contributed by atoms with Gasteiger partial charge in [0.15, 0.2) is 6.10 Å². The van der Waals surface area contributed by atoms with Crippen LogP contribution in [-0.4, -0.2) is 42.7 Å². The van der Waals surface area contributed by atoms with Crippen LogP contribution in [0.25, 0.3) is 0 Å².